The van der Waals surface area contributed by atoms with Gasteiger partial charge in [0.2, 0.25) is 0 Å². The highest BCUT2D eigenvalue weighted by Crippen LogP contribution is 2.25. The van der Waals surface area contributed by atoms with Gasteiger partial charge in [-0.3, -0.25) is 0 Å². The standard InChI is InChI=1S/C23H28N4O3/c1-17(2)22-24-11-13-27(22)16-18-7-6-8-19(15-18)26-23(28)25-12-14-30-21-10-5-4-9-20(21)29-3/h4-11,13,15,17H,12,14,16H2,1-3H3,(H2,25,26,28). The number of hydrogen-bond donors (Lipinski definition) is 2. The van der Waals surface area contributed by atoms with Crippen molar-refractivity contribution in [2.75, 3.05) is 25.6 Å². The predicted molar refractivity (Wildman–Crippen MR) is 117 cm³/mol. The molecule has 0 radical (unpaired) electrons. The van der Waals surface area contributed by atoms with Gasteiger partial charge in [-0.2, -0.15) is 0 Å². The van der Waals surface area contributed by atoms with E-state index in [1.54, 1.807) is 7.11 Å². The number of rotatable bonds is 9. The molecule has 3 rings (SSSR count). The van der Waals surface area contributed by atoms with E-state index in [0.29, 0.717) is 37.1 Å². The number of carbonyl (C=O) groups excluding carboxylic acids is 1. The Labute approximate surface area is 177 Å². The van der Waals surface area contributed by atoms with Crippen molar-refractivity contribution < 1.29 is 14.3 Å². The molecule has 2 aromatic carbocycles. The molecule has 2 amide bonds. The van der Waals surface area contributed by atoms with E-state index in [1.807, 2.05) is 60.9 Å². The molecule has 1 heterocycles. The minimum Gasteiger partial charge on any atom is -0.493 e. The molecule has 1 aromatic heterocycles. The quantitative estimate of drug-likeness (QED) is 0.519. The molecule has 0 unspecified atom stereocenters. The molecule has 2 N–H and O–H groups in total. The minimum absolute atomic E-state index is 0.277. The lowest BCUT2D eigenvalue weighted by molar-refractivity contribution is 0.246. The normalized spacial score (nSPS) is 10.7. The molecule has 3 aromatic rings. The zero-order chi connectivity index (χ0) is 21.3. The molecule has 0 saturated carbocycles. The summed E-state index contributed by atoms with van der Waals surface area (Å²) in [6, 6.07) is 14.9. The smallest absolute Gasteiger partial charge is 0.319 e. The number of hydrogen-bond acceptors (Lipinski definition) is 4. The van der Waals surface area contributed by atoms with Gasteiger partial charge in [-0.1, -0.05) is 38.1 Å². The largest absolute Gasteiger partial charge is 0.493 e. The van der Waals surface area contributed by atoms with Gasteiger partial charge in [-0.15, -0.1) is 0 Å². The average molecular weight is 409 g/mol. The van der Waals surface area contributed by atoms with Gasteiger partial charge in [0.05, 0.1) is 13.7 Å². The van der Waals surface area contributed by atoms with Crippen LogP contribution in [0, 0.1) is 0 Å². The Bertz CT molecular complexity index is 968. The van der Waals surface area contributed by atoms with Gasteiger partial charge in [0, 0.05) is 30.5 Å². The first kappa shape index (κ1) is 21.2. The van der Waals surface area contributed by atoms with Crippen LogP contribution in [0.15, 0.2) is 60.9 Å². The van der Waals surface area contributed by atoms with E-state index in [9.17, 15) is 4.79 Å². The number of carbonyl (C=O) groups is 1. The van der Waals surface area contributed by atoms with Crippen LogP contribution in [-0.2, 0) is 6.54 Å². The lowest BCUT2D eigenvalue weighted by atomic mass is 10.1. The van der Waals surface area contributed by atoms with Crippen LogP contribution in [0.3, 0.4) is 0 Å². The minimum atomic E-state index is -0.277. The Kier molecular flexibility index (Phi) is 7.32. The van der Waals surface area contributed by atoms with E-state index in [-0.39, 0.29) is 6.03 Å². The van der Waals surface area contributed by atoms with Crippen LogP contribution in [0.1, 0.15) is 31.2 Å². The number of urea groups is 1. The molecular formula is C23H28N4O3. The predicted octanol–water partition coefficient (Wildman–Crippen LogP) is 4.26. The molecule has 0 saturated heterocycles. The number of nitrogens with one attached hydrogen (secondary N) is 2. The Hall–Kier alpha value is -3.48. The second-order valence-electron chi connectivity index (χ2n) is 7.15. The third-order valence-corrected chi connectivity index (χ3v) is 4.52. The van der Waals surface area contributed by atoms with Crippen LogP contribution >= 0.6 is 0 Å². The Morgan fingerprint density at radius 1 is 1.13 bits per heavy atom. The number of amides is 2. The zero-order valence-corrected chi connectivity index (χ0v) is 17.6. The lowest BCUT2D eigenvalue weighted by Gasteiger charge is -2.13. The van der Waals surface area contributed by atoms with Crippen molar-refractivity contribution in [3.63, 3.8) is 0 Å². The second kappa shape index (κ2) is 10.3. The van der Waals surface area contributed by atoms with Crippen LogP contribution in [0.5, 0.6) is 11.5 Å². The fourth-order valence-corrected chi connectivity index (χ4v) is 3.14. The summed E-state index contributed by atoms with van der Waals surface area (Å²) >= 11 is 0. The summed E-state index contributed by atoms with van der Waals surface area (Å²) in [5.74, 6) is 2.71. The Morgan fingerprint density at radius 2 is 1.93 bits per heavy atom. The molecule has 0 bridgehead atoms. The maximum Gasteiger partial charge on any atom is 0.319 e. The number of benzene rings is 2. The summed E-state index contributed by atoms with van der Waals surface area (Å²) in [5.41, 5.74) is 1.83. The van der Waals surface area contributed by atoms with Gasteiger partial charge in [0.15, 0.2) is 11.5 Å². The third kappa shape index (κ3) is 5.76. The Morgan fingerprint density at radius 3 is 2.70 bits per heavy atom. The zero-order valence-electron chi connectivity index (χ0n) is 17.6. The van der Waals surface area contributed by atoms with E-state index in [2.05, 4.69) is 34.0 Å². The fraction of sp³-hybridized carbons (Fsp3) is 0.304. The summed E-state index contributed by atoms with van der Waals surface area (Å²) in [6.07, 6.45) is 3.79. The van der Waals surface area contributed by atoms with E-state index < -0.39 is 0 Å². The van der Waals surface area contributed by atoms with Crippen molar-refractivity contribution in [1.82, 2.24) is 14.9 Å². The van der Waals surface area contributed by atoms with Gasteiger partial charge in [-0.25, -0.2) is 9.78 Å². The molecule has 0 aliphatic carbocycles. The van der Waals surface area contributed by atoms with Crippen molar-refractivity contribution in [3.05, 3.63) is 72.3 Å². The molecule has 0 atom stereocenters. The van der Waals surface area contributed by atoms with Crippen molar-refractivity contribution in [2.24, 2.45) is 0 Å². The SMILES string of the molecule is COc1ccccc1OCCNC(=O)Nc1cccc(Cn2ccnc2C(C)C)c1. The van der Waals surface area contributed by atoms with Crippen LogP contribution in [0.25, 0.3) is 0 Å². The van der Waals surface area contributed by atoms with Crippen LogP contribution in [0.2, 0.25) is 0 Å². The second-order valence-corrected chi connectivity index (χ2v) is 7.15. The van der Waals surface area contributed by atoms with Crippen molar-refractivity contribution in [1.29, 1.82) is 0 Å². The topological polar surface area (TPSA) is 77.4 Å². The third-order valence-electron chi connectivity index (χ3n) is 4.52. The van der Waals surface area contributed by atoms with Gasteiger partial charge in [0.25, 0.3) is 0 Å². The number of anilines is 1. The van der Waals surface area contributed by atoms with Gasteiger partial charge < -0.3 is 24.7 Å². The first-order chi connectivity index (χ1) is 14.6. The molecular weight excluding hydrogens is 380 g/mol. The first-order valence-corrected chi connectivity index (χ1v) is 9.97. The van der Waals surface area contributed by atoms with Gasteiger partial charge in [0.1, 0.15) is 12.4 Å². The van der Waals surface area contributed by atoms with Crippen LogP contribution in [-0.4, -0.2) is 35.8 Å². The first-order valence-electron chi connectivity index (χ1n) is 9.97. The van der Waals surface area contributed by atoms with Crippen molar-refractivity contribution >= 4 is 11.7 Å². The summed E-state index contributed by atoms with van der Waals surface area (Å²) < 4.78 is 13.0. The van der Waals surface area contributed by atoms with Crippen LogP contribution < -0.4 is 20.1 Å². The molecule has 7 heteroatoms. The molecule has 0 fully saturated rings. The lowest BCUT2D eigenvalue weighted by Crippen LogP contribution is -2.32. The van der Waals surface area contributed by atoms with E-state index >= 15 is 0 Å². The maximum absolute atomic E-state index is 12.2. The molecule has 158 valence electrons. The highest BCUT2D eigenvalue weighted by atomic mass is 16.5. The molecule has 0 spiro atoms. The van der Waals surface area contributed by atoms with E-state index in [0.717, 1.165) is 17.1 Å². The number of aromatic nitrogens is 2. The summed E-state index contributed by atoms with van der Waals surface area (Å²) in [5, 5.41) is 5.66. The summed E-state index contributed by atoms with van der Waals surface area (Å²) in [4.78, 5) is 16.6. The monoisotopic (exact) mass is 408 g/mol. The average Bonchev–Trinajstić information content (AvgIpc) is 3.20. The Balaban J connectivity index is 1.48. The fourth-order valence-electron chi connectivity index (χ4n) is 3.14. The molecule has 0 aliphatic rings. The van der Waals surface area contributed by atoms with Crippen LogP contribution in [0.4, 0.5) is 10.5 Å². The number of ether oxygens (including phenoxy) is 2. The van der Waals surface area contributed by atoms with Gasteiger partial charge in [-0.05, 0) is 29.8 Å². The molecule has 0 aliphatic heterocycles. The van der Waals surface area contributed by atoms with E-state index in [4.69, 9.17) is 9.47 Å². The van der Waals surface area contributed by atoms with E-state index in [1.165, 1.54) is 0 Å². The number of methoxy groups -OCH3 is 1. The number of para-hydroxylation sites is 2. The highest BCUT2D eigenvalue weighted by Gasteiger charge is 2.08. The number of imidazole rings is 1. The number of nitrogens with zero attached hydrogens (tertiary/aromatic N) is 2. The highest BCUT2D eigenvalue weighted by molar-refractivity contribution is 5.89. The molecule has 7 nitrogen and oxygen atoms in total. The summed E-state index contributed by atoms with van der Waals surface area (Å²) in [7, 11) is 1.60. The maximum atomic E-state index is 12.2. The molecule has 30 heavy (non-hydrogen) atoms. The summed E-state index contributed by atoms with van der Waals surface area (Å²) in [6.45, 7) is 5.66. The van der Waals surface area contributed by atoms with Crippen molar-refractivity contribution in [2.45, 2.75) is 26.3 Å². The van der Waals surface area contributed by atoms with Gasteiger partial charge >= 0.3 is 6.03 Å². The van der Waals surface area contributed by atoms with Crippen molar-refractivity contribution in [3.8, 4) is 11.5 Å².